The van der Waals surface area contributed by atoms with Crippen LogP contribution in [0.2, 0.25) is 0 Å². The molecule has 0 fully saturated rings. The molecular formula is C28H28FN3O3. The first-order chi connectivity index (χ1) is 17.0. The summed E-state index contributed by atoms with van der Waals surface area (Å²) in [7, 11) is 0. The molecule has 4 aromatic rings. The van der Waals surface area contributed by atoms with E-state index in [-0.39, 0.29) is 24.6 Å². The van der Waals surface area contributed by atoms with Gasteiger partial charge in [-0.15, -0.1) is 0 Å². The summed E-state index contributed by atoms with van der Waals surface area (Å²) in [5.74, 6) is 0.206. The number of fused-ring (bicyclic) bond motifs is 1. The molecule has 7 heteroatoms. The topological polar surface area (TPSA) is 75.8 Å². The summed E-state index contributed by atoms with van der Waals surface area (Å²) >= 11 is 0. The predicted octanol–water partition coefficient (Wildman–Crippen LogP) is 5.19. The number of amides is 1. The van der Waals surface area contributed by atoms with Gasteiger partial charge in [0.05, 0.1) is 18.9 Å². The largest absolute Gasteiger partial charge is 0.494 e. The number of halogens is 1. The van der Waals surface area contributed by atoms with Crippen molar-refractivity contribution < 1.29 is 19.0 Å². The number of carbonyl (C=O) groups is 1. The second-order valence-electron chi connectivity index (χ2n) is 8.21. The van der Waals surface area contributed by atoms with E-state index < -0.39 is 6.10 Å². The Labute approximate surface area is 203 Å². The number of benzene rings is 3. The Kier molecular flexibility index (Phi) is 7.90. The van der Waals surface area contributed by atoms with E-state index in [0.717, 1.165) is 33.3 Å². The smallest absolute Gasteiger partial charge is 0.240 e. The van der Waals surface area contributed by atoms with E-state index >= 15 is 0 Å². The number of rotatable bonds is 10. The van der Waals surface area contributed by atoms with E-state index in [9.17, 15) is 14.3 Å². The minimum absolute atomic E-state index is 0.137. The Bertz CT molecular complexity index is 1300. The Hall–Kier alpha value is -3.97. The summed E-state index contributed by atoms with van der Waals surface area (Å²) in [6.45, 7) is 3.08. The zero-order valence-corrected chi connectivity index (χ0v) is 19.5. The summed E-state index contributed by atoms with van der Waals surface area (Å²) in [5, 5.41) is 15.5. The molecule has 1 aromatic heterocycles. The molecule has 0 unspecified atom stereocenters. The molecule has 0 spiro atoms. The van der Waals surface area contributed by atoms with Crippen LogP contribution >= 0.6 is 0 Å². The van der Waals surface area contributed by atoms with Crippen LogP contribution in [-0.4, -0.2) is 28.4 Å². The van der Waals surface area contributed by atoms with Crippen LogP contribution in [0.25, 0.3) is 10.9 Å². The van der Waals surface area contributed by atoms with E-state index in [2.05, 4.69) is 15.1 Å². The average molecular weight is 474 g/mol. The average Bonchev–Trinajstić information content (AvgIpc) is 3.22. The van der Waals surface area contributed by atoms with Gasteiger partial charge in [0.25, 0.3) is 0 Å². The van der Waals surface area contributed by atoms with Crippen molar-refractivity contribution in [1.29, 1.82) is 0 Å². The van der Waals surface area contributed by atoms with Crippen molar-refractivity contribution in [3.63, 3.8) is 0 Å². The van der Waals surface area contributed by atoms with E-state index in [4.69, 9.17) is 4.74 Å². The molecule has 1 heterocycles. The molecule has 1 amide bonds. The fourth-order valence-electron chi connectivity index (χ4n) is 3.91. The Balaban J connectivity index is 1.35. The van der Waals surface area contributed by atoms with Gasteiger partial charge in [-0.3, -0.25) is 4.79 Å². The van der Waals surface area contributed by atoms with Crippen molar-refractivity contribution in [1.82, 2.24) is 9.99 Å². The molecule has 35 heavy (non-hydrogen) atoms. The number of ether oxygens (including phenoxy) is 1. The molecule has 0 aliphatic carbocycles. The number of hydrogen-bond acceptors (Lipinski definition) is 4. The highest BCUT2D eigenvalue weighted by Crippen LogP contribution is 2.22. The normalized spacial score (nSPS) is 12.2. The van der Waals surface area contributed by atoms with Crippen LogP contribution < -0.4 is 10.2 Å². The standard InChI is InChI=1S/C28H28FN3O3/c1-2-35-24-13-9-21(10-14-24)27(33)15-16-28(34)31-30-17-22-19-32(26-6-4-3-5-25(22)26)18-20-7-11-23(29)12-8-20/h3-14,17,19,27,33H,2,15-16,18H2,1H3,(H,31,34)/b30-17-/t27-/m0/s1. The van der Waals surface area contributed by atoms with Gasteiger partial charge >= 0.3 is 0 Å². The number of para-hydroxylation sites is 1. The van der Waals surface area contributed by atoms with Crippen LogP contribution in [-0.2, 0) is 11.3 Å². The van der Waals surface area contributed by atoms with Gasteiger partial charge in [-0.25, -0.2) is 9.82 Å². The van der Waals surface area contributed by atoms with Gasteiger partial charge in [-0.05, 0) is 54.8 Å². The Morgan fingerprint density at radius 1 is 1.11 bits per heavy atom. The molecule has 0 radical (unpaired) electrons. The van der Waals surface area contributed by atoms with Crippen molar-refractivity contribution >= 4 is 23.0 Å². The summed E-state index contributed by atoms with van der Waals surface area (Å²) < 4.78 is 20.7. The molecule has 180 valence electrons. The molecule has 2 N–H and O–H groups in total. The van der Waals surface area contributed by atoms with Crippen molar-refractivity contribution in [3.05, 3.63) is 102 Å². The third kappa shape index (κ3) is 6.33. The van der Waals surface area contributed by atoms with Crippen molar-refractivity contribution in [2.75, 3.05) is 6.61 Å². The molecule has 0 aliphatic rings. The minimum atomic E-state index is -0.746. The lowest BCUT2D eigenvalue weighted by atomic mass is 10.0. The highest BCUT2D eigenvalue weighted by molar-refractivity contribution is 5.99. The van der Waals surface area contributed by atoms with Gasteiger partial charge in [0.15, 0.2) is 0 Å². The van der Waals surface area contributed by atoms with E-state index in [1.807, 2.05) is 37.4 Å². The first-order valence-electron chi connectivity index (χ1n) is 11.6. The molecule has 1 atom stereocenters. The zero-order valence-electron chi connectivity index (χ0n) is 19.5. The lowest BCUT2D eigenvalue weighted by Crippen LogP contribution is -2.18. The third-order valence-electron chi connectivity index (χ3n) is 5.70. The Morgan fingerprint density at radius 3 is 2.60 bits per heavy atom. The molecule has 6 nitrogen and oxygen atoms in total. The van der Waals surface area contributed by atoms with Crippen molar-refractivity contribution in [3.8, 4) is 5.75 Å². The number of nitrogens with zero attached hydrogens (tertiary/aromatic N) is 2. The Morgan fingerprint density at radius 2 is 1.86 bits per heavy atom. The zero-order chi connectivity index (χ0) is 24.6. The van der Waals surface area contributed by atoms with Gasteiger partial charge in [0.2, 0.25) is 5.91 Å². The molecule has 3 aromatic carbocycles. The van der Waals surface area contributed by atoms with E-state index in [1.165, 1.54) is 12.1 Å². The fourth-order valence-corrected chi connectivity index (χ4v) is 3.91. The summed E-state index contributed by atoms with van der Waals surface area (Å²) in [6, 6.07) is 21.5. The van der Waals surface area contributed by atoms with E-state index in [0.29, 0.717) is 13.2 Å². The van der Waals surface area contributed by atoms with Crippen LogP contribution in [0, 0.1) is 5.82 Å². The number of aliphatic hydroxyl groups excluding tert-OH is 1. The third-order valence-corrected chi connectivity index (χ3v) is 5.70. The van der Waals surface area contributed by atoms with Crippen LogP contribution in [0.15, 0.2) is 84.1 Å². The molecule has 4 rings (SSSR count). The molecule has 0 aliphatic heterocycles. The predicted molar refractivity (Wildman–Crippen MR) is 135 cm³/mol. The van der Waals surface area contributed by atoms with Crippen LogP contribution in [0.4, 0.5) is 4.39 Å². The van der Waals surface area contributed by atoms with Gasteiger partial charge in [0, 0.05) is 35.6 Å². The highest BCUT2D eigenvalue weighted by atomic mass is 19.1. The summed E-state index contributed by atoms with van der Waals surface area (Å²) in [5.41, 5.74) is 6.13. The maximum atomic E-state index is 13.2. The minimum Gasteiger partial charge on any atom is -0.494 e. The number of aliphatic hydroxyl groups is 1. The van der Waals surface area contributed by atoms with Crippen molar-refractivity contribution in [2.24, 2.45) is 5.10 Å². The molecule has 0 saturated heterocycles. The summed E-state index contributed by atoms with van der Waals surface area (Å²) in [6.07, 6.45) is 3.25. The summed E-state index contributed by atoms with van der Waals surface area (Å²) in [4.78, 5) is 12.3. The number of hydrazone groups is 1. The molecule has 0 saturated carbocycles. The second kappa shape index (κ2) is 11.4. The van der Waals surface area contributed by atoms with E-state index in [1.54, 1.807) is 42.6 Å². The number of carbonyl (C=O) groups excluding carboxylic acids is 1. The quantitative estimate of drug-likeness (QED) is 0.246. The molecular weight excluding hydrogens is 445 g/mol. The highest BCUT2D eigenvalue weighted by Gasteiger charge is 2.11. The monoisotopic (exact) mass is 473 g/mol. The lowest BCUT2D eigenvalue weighted by Gasteiger charge is -2.11. The number of hydrogen-bond donors (Lipinski definition) is 2. The van der Waals surface area contributed by atoms with Gasteiger partial charge in [-0.2, -0.15) is 5.10 Å². The van der Waals surface area contributed by atoms with Crippen molar-refractivity contribution in [2.45, 2.75) is 32.4 Å². The second-order valence-corrected chi connectivity index (χ2v) is 8.21. The number of nitrogens with one attached hydrogen (secondary N) is 1. The lowest BCUT2D eigenvalue weighted by molar-refractivity contribution is -0.121. The SMILES string of the molecule is CCOc1ccc([C@@H](O)CCC(=O)N/N=C\c2cn(Cc3ccc(F)cc3)c3ccccc23)cc1. The van der Waals surface area contributed by atoms with Crippen LogP contribution in [0.1, 0.15) is 42.6 Å². The molecule has 0 bridgehead atoms. The first kappa shape index (κ1) is 24.2. The maximum Gasteiger partial charge on any atom is 0.240 e. The fraction of sp³-hybridized carbons (Fsp3) is 0.214. The maximum absolute atomic E-state index is 13.2. The van der Waals surface area contributed by atoms with Gasteiger partial charge in [-0.1, -0.05) is 42.5 Å². The van der Waals surface area contributed by atoms with Gasteiger partial charge in [0.1, 0.15) is 11.6 Å². The first-order valence-corrected chi connectivity index (χ1v) is 11.6. The van der Waals surface area contributed by atoms with Crippen LogP contribution in [0.3, 0.4) is 0 Å². The van der Waals surface area contributed by atoms with Crippen LogP contribution in [0.5, 0.6) is 5.75 Å². The number of aromatic nitrogens is 1. The van der Waals surface area contributed by atoms with Gasteiger partial charge < -0.3 is 14.4 Å².